The lowest BCUT2D eigenvalue weighted by atomic mass is 9.96. The van der Waals surface area contributed by atoms with Gasteiger partial charge in [0.1, 0.15) is 17.5 Å². The highest BCUT2D eigenvalue weighted by molar-refractivity contribution is 5.48. The van der Waals surface area contributed by atoms with E-state index < -0.39 is 0 Å². The van der Waals surface area contributed by atoms with Gasteiger partial charge in [-0.3, -0.25) is 0 Å². The summed E-state index contributed by atoms with van der Waals surface area (Å²) in [7, 11) is 0. The Bertz CT molecular complexity index is 429. The highest BCUT2D eigenvalue weighted by Crippen LogP contribution is 2.22. The number of hydrogen-bond donors (Lipinski definition) is 3. The number of aromatic nitrogens is 2. The Kier molecular flexibility index (Phi) is 6.89. The third kappa shape index (κ3) is 5.87. The van der Waals surface area contributed by atoms with Crippen molar-refractivity contribution in [3.05, 3.63) is 11.9 Å². The van der Waals surface area contributed by atoms with E-state index in [0.717, 1.165) is 43.4 Å². The van der Waals surface area contributed by atoms with Crippen molar-refractivity contribution in [2.75, 3.05) is 30.3 Å². The molecule has 0 saturated carbocycles. The Balaban J connectivity index is 2.87. The Morgan fingerprint density at radius 2 is 1.76 bits per heavy atom. The summed E-state index contributed by atoms with van der Waals surface area (Å²) in [6.45, 7) is 12.4. The van der Waals surface area contributed by atoms with Crippen LogP contribution in [0.3, 0.4) is 0 Å². The van der Waals surface area contributed by atoms with Crippen LogP contribution in [0, 0.1) is 5.92 Å². The molecule has 5 nitrogen and oxygen atoms in total. The first-order valence-corrected chi connectivity index (χ1v) is 7.88. The van der Waals surface area contributed by atoms with Crippen molar-refractivity contribution in [1.82, 2.24) is 9.97 Å². The Morgan fingerprint density at radius 1 is 1.14 bits per heavy atom. The summed E-state index contributed by atoms with van der Waals surface area (Å²) in [6, 6.07) is 1.95. The van der Waals surface area contributed by atoms with E-state index in [-0.39, 0.29) is 12.0 Å². The van der Waals surface area contributed by atoms with Crippen molar-refractivity contribution in [2.45, 2.75) is 52.9 Å². The molecular weight excluding hydrogens is 264 g/mol. The monoisotopic (exact) mass is 294 g/mol. The van der Waals surface area contributed by atoms with Gasteiger partial charge < -0.3 is 15.7 Å². The molecule has 5 heteroatoms. The number of nitrogens with one attached hydrogen (secondary N) is 2. The van der Waals surface area contributed by atoms with Gasteiger partial charge in [-0.15, -0.1) is 0 Å². The van der Waals surface area contributed by atoms with Gasteiger partial charge in [0.15, 0.2) is 0 Å². The van der Waals surface area contributed by atoms with Crippen LogP contribution < -0.4 is 10.6 Å². The molecule has 0 aliphatic heterocycles. The molecule has 1 rings (SSSR count). The van der Waals surface area contributed by atoms with E-state index >= 15 is 0 Å². The van der Waals surface area contributed by atoms with Crippen molar-refractivity contribution >= 4 is 11.6 Å². The van der Waals surface area contributed by atoms with Crippen LogP contribution in [-0.4, -0.2) is 34.8 Å². The van der Waals surface area contributed by atoms with Crippen LogP contribution in [0.2, 0.25) is 0 Å². The second kappa shape index (κ2) is 8.17. The Morgan fingerprint density at radius 3 is 2.24 bits per heavy atom. The van der Waals surface area contributed by atoms with Gasteiger partial charge in [0.25, 0.3) is 0 Å². The summed E-state index contributed by atoms with van der Waals surface area (Å²) >= 11 is 0. The van der Waals surface area contributed by atoms with E-state index in [2.05, 4.69) is 55.2 Å². The number of aliphatic hydroxyl groups excluding tert-OH is 1. The number of rotatable bonds is 8. The first-order valence-electron chi connectivity index (χ1n) is 7.88. The second-order valence-corrected chi connectivity index (χ2v) is 6.41. The highest BCUT2D eigenvalue weighted by atomic mass is 16.3. The standard InChI is InChI=1S/C16H30N4O/c1-6-12(8-9-21)11-18-14-10-13(17-7-2)19-15(20-14)16(3,4)5/h10,12,21H,6-9,11H2,1-5H3,(H2,17,18,19,20). The lowest BCUT2D eigenvalue weighted by molar-refractivity contribution is 0.258. The predicted molar refractivity (Wildman–Crippen MR) is 88.9 cm³/mol. The van der Waals surface area contributed by atoms with Gasteiger partial charge >= 0.3 is 0 Å². The van der Waals surface area contributed by atoms with E-state index in [1.165, 1.54) is 0 Å². The van der Waals surface area contributed by atoms with E-state index in [1.807, 2.05) is 6.07 Å². The maximum atomic E-state index is 9.07. The minimum Gasteiger partial charge on any atom is -0.396 e. The molecule has 0 fully saturated rings. The summed E-state index contributed by atoms with van der Waals surface area (Å²) in [5, 5.41) is 15.7. The van der Waals surface area contributed by atoms with E-state index in [4.69, 9.17) is 5.11 Å². The zero-order valence-corrected chi connectivity index (χ0v) is 14.0. The van der Waals surface area contributed by atoms with Crippen molar-refractivity contribution in [3.8, 4) is 0 Å². The number of nitrogens with zero attached hydrogens (tertiary/aromatic N) is 2. The van der Waals surface area contributed by atoms with Crippen LogP contribution in [0.15, 0.2) is 6.07 Å². The molecule has 0 aliphatic rings. The number of anilines is 2. The molecule has 1 unspecified atom stereocenters. The van der Waals surface area contributed by atoms with Crippen molar-refractivity contribution in [1.29, 1.82) is 0 Å². The molecule has 0 aromatic carbocycles. The fraction of sp³-hybridized carbons (Fsp3) is 0.750. The molecule has 1 aromatic heterocycles. The quantitative estimate of drug-likeness (QED) is 0.687. The highest BCUT2D eigenvalue weighted by Gasteiger charge is 2.19. The fourth-order valence-corrected chi connectivity index (χ4v) is 2.03. The van der Waals surface area contributed by atoms with Crippen molar-refractivity contribution < 1.29 is 5.11 Å². The van der Waals surface area contributed by atoms with E-state index in [0.29, 0.717) is 5.92 Å². The Hall–Kier alpha value is -1.36. The van der Waals surface area contributed by atoms with Crippen LogP contribution in [0.4, 0.5) is 11.6 Å². The molecule has 1 heterocycles. The lowest BCUT2D eigenvalue weighted by Gasteiger charge is -2.20. The van der Waals surface area contributed by atoms with Gasteiger partial charge in [0, 0.05) is 31.2 Å². The summed E-state index contributed by atoms with van der Waals surface area (Å²) in [6.07, 6.45) is 1.87. The molecule has 0 amide bonds. The molecule has 0 bridgehead atoms. The molecule has 0 spiro atoms. The Labute approximate surface area is 128 Å². The largest absolute Gasteiger partial charge is 0.396 e. The van der Waals surface area contributed by atoms with Gasteiger partial charge in [-0.25, -0.2) is 9.97 Å². The molecule has 120 valence electrons. The topological polar surface area (TPSA) is 70.1 Å². The van der Waals surface area contributed by atoms with Crippen LogP contribution in [0.25, 0.3) is 0 Å². The van der Waals surface area contributed by atoms with Gasteiger partial charge in [-0.1, -0.05) is 34.1 Å². The van der Waals surface area contributed by atoms with Crippen molar-refractivity contribution in [2.24, 2.45) is 5.92 Å². The SMILES string of the molecule is CCNc1cc(NCC(CC)CCO)nc(C(C)(C)C)n1. The summed E-state index contributed by atoms with van der Waals surface area (Å²) in [4.78, 5) is 9.20. The minimum atomic E-state index is -0.0862. The van der Waals surface area contributed by atoms with Gasteiger partial charge in [0.2, 0.25) is 0 Å². The predicted octanol–water partition coefficient (Wildman–Crippen LogP) is 3.03. The van der Waals surface area contributed by atoms with Gasteiger partial charge in [-0.05, 0) is 19.3 Å². The molecule has 1 aromatic rings. The van der Waals surface area contributed by atoms with Gasteiger partial charge in [-0.2, -0.15) is 0 Å². The lowest BCUT2D eigenvalue weighted by Crippen LogP contribution is -2.20. The maximum absolute atomic E-state index is 9.07. The zero-order valence-electron chi connectivity index (χ0n) is 14.0. The van der Waals surface area contributed by atoms with Crippen LogP contribution in [0.5, 0.6) is 0 Å². The van der Waals surface area contributed by atoms with Crippen LogP contribution in [-0.2, 0) is 5.41 Å². The summed E-state index contributed by atoms with van der Waals surface area (Å²) < 4.78 is 0. The van der Waals surface area contributed by atoms with E-state index in [9.17, 15) is 0 Å². The summed E-state index contributed by atoms with van der Waals surface area (Å²) in [5.41, 5.74) is -0.0862. The van der Waals surface area contributed by atoms with Crippen molar-refractivity contribution in [3.63, 3.8) is 0 Å². The number of aliphatic hydroxyl groups is 1. The van der Waals surface area contributed by atoms with Crippen LogP contribution >= 0.6 is 0 Å². The third-order valence-electron chi connectivity index (χ3n) is 3.44. The molecule has 0 saturated heterocycles. The number of hydrogen-bond acceptors (Lipinski definition) is 5. The fourth-order valence-electron chi connectivity index (χ4n) is 2.03. The first kappa shape index (κ1) is 17.7. The normalized spacial score (nSPS) is 13.0. The molecule has 0 aliphatic carbocycles. The van der Waals surface area contributed by atoms with Crippen LogP contribution in [0.1, 0.15) is 53.3 Å². The first-order chi connectivity index (χ1) is 9.90. The van der Waals surface area contributed by atoms with E-state index in [1.54, 1.807) is 0 Å². The zero-order chi connectivity index (χ0) is 15.9. The average molecular weight is 294 g/mol. The molecule has 1 atom stereocenters. The molecular formula is C16H30N4O. The third-order valence-corrected chi connectivity index (χ3v) is 3.44. The maximum Gasteiger partial charge on any atom is 0.138 e. The molecule has 0 radical (unpaired) electrons. The molecule has 3 N–H and O–H groups in total. The average Bonchev–Trinajstić information content (AvgIpc) is 2.42. The minimum absolute atomic E-state index is 0.0862. The second-order valence-electron chi connectivity index (χ2n) is 6.41. The van der Waals surface area contributed by atoms with Gasteiger partial charge in [0.05, 0.1) is 0 Å². The summed E-state index contributed by atoms with van der Waals surface area (Å²) in [5.74, 6) is 3.00. The smallest absolute Gasteiger partial charge is 0.138 e. The molecule has 21 heavy (non-hydrogen) atoms.